The van der Waals surface area contributed by atoms with E-state index in [0.29, 0.717) is 12.2 Å². The van der Waals surface area contributed by atoms with E-state index in [9.17, 15) is 4.79 Å². The molecule has 64 valence electrons. The predicted octanol–water partition coefficient (Wildman–Crippen LogP) is 1.41. The van der Waals surface area contributed by atoms with Crippen LogP contribution >= 0.6 is 0 Å². The fourth-order valence-corrected chi connectivity index (χ4v) is 0.441. The molecule has 0 saturated carbocycles. The third-order valence-corrected chi connectivity index (χ3v) is 1.40. The van der Waals surface area contributed by atoms with Crippen LogP contribution in [0.3, 0.4) is 0 Å². The number of carbonyl (C=O) groups is 1. The number of hydrogen-bond acceptors (Lipinski definition) is 2. The van der Waals surface area contributed by atoms with Crippen molar-refractivity contribution in [1.82, 2.24) is 5.48 Å². The lowest BCUT2D eigenvalue weighted by molar-refractivity contribution is -0.129. The van der Waals surface area contributed by atoms with Crippen LogP contribution in [0.1, 0.15) is 27.7 Å². The molecule has 3 nitrogen and oxygen atoms in total. The van der Waals surface area contributed by atoms with Crippen LogP contribution in [0.2, 0.25) is 0 Å². The zero-order valence-electron chi connectivity index (χ0n) is 7.52. The Balaban J connectivity index is 3.95. The lowest BCUT2D eigenvalue weighted by atomic mass is 10.2. The molecule has 0 unspecified atom stereocenters. The van der Waals surface area contributed by atoms with Crippen LogP contribution in [-0.4, -0.2) is 12.5 Å². The Morgan fingerprint density at radius 2 is 1.91 bits per heavy atom. The number of nitrogens with one attached hydrogen (secondary N) is 1. The minimum atomic E-state index is -0.160. The molecule has 1 amide bonds. The van der Waals surface area contributed by atoms with E-state index >= 15 is 0 Å². The monoisotopic (exact) mass is 157 g/mol. The maximum atomic E-state index is 11.0. The van der Waals surface area contributed by atoms with Gasteiger partial charge >= 0.3 is 0 Å². The van der Waals surface area contributed by atoms with E-state index in [1.54, 1.807) is 6.92 Å². The van der Waals surface area contributed by atoms with Crippen molar-refractivity contribution in [2.75, 3.05) is 6.61 Å². The first-order chi connectivity index (χ1) is 5.09. The molecule has 0 aliphatic rings. The van der Waals surface area contributed by atoms with E-state index in [0.717, 1.165) is 5.57 Å². The van der Waals surface area contributed by atoms with Crippen LogP contribution in [0.5, 0.6) is 0 Å². The fraction of sp³-hybridized carbons (Fsp3) is 0.625. The van der Waals surface area contributed by atoms with Gasteiger partial charge in [-0.05, 0) is 27.7 Å². The second-order valence-electron chi connectivity index (χ2n) is 2.49. The van der Waals surface area contributed by atoms with Gasteiger partial charge in [0.15, 0.2) is 0 Å². The van der Waals surface area contributed by atoms with Gasteiger partial charge in [-0.2, -0.15) is 0 Å². The quantitative estimate of drug-likeness (QED) is 0.497. The molecule has 0 rings (SSSR count). The van der Waals surface area contributed by atoms with Gasteiger partial charge in [0.2, 0.25) is 0 Å². The first-order valence-electron chi connectivity index (χ1n) is 3.65. The second-order valence-corrected chi connectivity index (χ2v) is 2.49. The lowest BCUT2D eigenvalue weighted by Crippen LogP contribution is -2.24. The summed E-state index contributed by atoms with van der Waals surface area (Å²) in [5.74, 6) is -0.160. The Labute approximate surface area is 67.4 Å². The van der Waals surface area contributed by atoms with Crippen molar-refractivity contribution in [2.24, 2.45) is 0 Å². The summed E-state index contributed by atoms with van der Waals surface area (Å²) in [6.45, 7) is 7.85. The van der Waals surface area contributed by atoms with E-state index in [2.05, 4.69) is 5.48 Å². The van der Waals surface area contributed by atoms with Crippen molar-refractivity contribution < 1.29 is 9.63 Å². The number of rotatable bonds is 3. The Morgan fingerprint density at radius 1 is 1.36 bits per heavy atom. The molecule has 0 aliphatic heterocycles. The van der Waals surface area contributed by atoms with Gasteiger partial charge in [0.25, 0.3) is 5.91 Å². The lowest BCUT2D eigenvalue weighted by Gasteiger charge is -2.04. The summed E-state index contributed by atoms with van der Waals surface area (Å²) >= 11 is 0. The topological polar surface area (TPSA) is 38.3 Å². The minimum Gasteiger partial charge on any atom is -0.274 e. The molecule has 0 atom stereocenters. The van der Waals surface area contributed by atoms with E-state index in [-0.39, 0.29) is 5.91 Å². The molecule has 0 aromatic rings. The van der Waals surface area contributed by atoms with E-state index in [4.69, 9.17) is 4.84 Å². The first-order valence-corrected chi connectivity index (χ1v) is 3.65. The van der Waals surface area contributed by atoms with Crippen LogP contribution in [-0.2, 0) is 9.63 Å². The Morgan fingerprint density at radius 3 is 2.27 bits per heavy atom. The summed E-state index contributed by atoms with van der Waals surface area (Å²) in [5, 5.41) is 0. The highest BCUT2D eigenvalue weighted by atomic mass is 16.6. The number of allylic oxidation sites excluding steroid dienone is 1. The summed E-state index contributed by atoms with van der Waals surface area (Å²) in [4.78, 5) is 15.8. The Kier molecular flexibility index (Phi) is 4.54. The normalized spacial score (nSPS) is 9.09. The Bertz CT molecular complexity index is 169. The van der Waals surface area contributed by atoms with Crippen LogP contribution in [0.25, 0.3) is 0 Å². The molecule has 0 aliphatic carbocycles. The van der Waals surface area contributed by atoms with Crippen molar-refractivity contribution in [3.05, 3.63) is 11.1 Å². The molecule has 0 aromatic carbocycles. The average molecular weight is 157 g/mol. The summed E-state index contributed by atoms with van der Waals surface area (Å²) in [6.07, 6.45) is 0. The molecule has 0 radical (unpaired) electrons. The summed E-state index contributed by atoms with van der Waals surface area (Å²) in [5.41, 5.74) is 4.03. The first kappa shape index (κ1) is 10.2. The molecule has 0 aromatic heterocycles. The number of carbonyl (C=O) groups excluding carboxylic acids is 1. The Hall–Kier alpha value is -0.830. The van der Waals surface area contributed by atoms with Gasteiger partial charge in [-0.3, -0.25) is 9.63 Å². The van der Waals surface area contributed by atoms with E-state index in [1.165, 1.54) is 0 Å². The highest BCUT2D eigenvalue weighted by Gasteiger charge is 2.03. The van der Waals surface area contributed by atoms with Crippen LogP contribution in [0.4, 0.5) is 0 Å². The van der Waals surface area contributed by atoms with Gasteiger partial charge < -0.3 is 0 Å². The van der Waals surface area contributed by atoms with Gasteiger partial charge in [0, 0.05) is 5.57 Å². The standard InChI is InChI=1S/C8H15NO2/c1-5-11-9-8(10)7(4)6(2)3/h5H2,1-4H3,(H,9,10). The number of hydroxylamine groups is 1. The molecule has 0 saturated heterocycles. The minimum absolute atomic E-state index is 0.160. The van der Waals surface area contributed by atoms with Crippen molar-refractivity contribution in [1.29, 1.82) is 0 Å². The van der Waals surface area contributed by atoms with Crippen molar-refractivity contribution in [3.8, 4) is 0 Å². The zero-order chi connectivity index (χ0) is 8.85. The second kappa shape index (κ2) is 4.91. The molecule has 1 N–H and O–H groups in total. The third kappa shape index (κ3) is 3.78. The van der Waals surface area contributed by atoms with Crippen LogP contribution in [0, 0.1) is 0 Å². The van der Waals surface area contributed by atoms with Gasteiger partial charge in [-0.15, -0.1) is 0 Å². The highest BCUT2D eigenvalue weighted by molar-refractivity contribution is 5.92. The summed E-state index contributed by atoms with van der Waals surface area (Å²) in [6, 6.07) is 0. The predicted molar refractivity (Wildman–Crippen MR) is 43.8 cm³/mol. The number of amides is 1. The zero-order valence-corrected chi connectivity index (χ0v) is 7.52. The molecule has 11 heavy (non-hydrogen) atoms. The molecular formula is C8H15NO2. The summed E-state index contributed by atoms with van der Waals surface area (Å²) in [7, 11) is 0. The van der Waals surface area contributed by atoms with Crippen LogP contribution in [0.15, 0.2) is 11.1 Å². The molecule has 0 heterocycles. The van der Waals surface area contributed by atoms with Gasteiger partial charge in [0.1, 0.15) is 0 Å². The third-order valence-electron chi connectivity index (χ3n) is 1.40. The maximum Gasteiger partial charge on any atom is 0.270 e. The van der Waals surface area contributed by atoms with Crippen molar-refractivity contribution >= 4 is 5.91 Å². The van der Waals surface area contributed by atoms with Gasteiger partial charge in [-0.25, -0.2) is 5.48 Å². The smallest absolute Gasteiger partial charge is 0.270 e. The van der Waals surface area contributed by atoms with Crippen LogP contribution < -0.4 is 5.48 Å². The molecule has 0 fully saturated rings. The van der Waals surface area contributed by atoms with Gasteiger partial charge in [0.05, 0.1) is 6.61 Å². The highest BCUT2D eigenvalue weighted by Crippen LogP contribution is 2.00. The fourth-order valence-electron chi connectivity index (χ4n) is 0.441. The van der Waals surface area contributed by atoms with E-state index in [1.807, 2.05) is 20.8 Å². The van der Waals surface area contributed by atoms with E-state index < -0.39 is 0 Å². The molecular weight excluding hydrogens is 142 g/mol. The summed E-state index contributed by atoms with van der Waals surface area (Å²) < 4.78 is 0. The van der Waals surface area contributed by atoms with Gasteiger partial charge in [-0.1, -0.05) is 5.57 Å². The molecule has 0 bridgehead atoms. The molecule has 3 heteroatoms. The molecule has 0 spiro atoms. The number of hydrogen-bond donors (Lipinski definition) is 1. The largest absolute Gasteiger partial charge is 0.274 e. The average Bonchev–Trinajstić information content (AvgIpc) is 1.98. The maximum absolute atomic E-state index is 11.0. The van der Waals surface area contributed by atoms with Crippen molar-refractivity contribution in [2.45, 2.75) is 27.7 Å². The van der Waals surface area contributed by atoms with Crippen molar-refractivity contribution in [3.63, 3.8) is 0 Å². The SMILES string of the molecule is CCONC(=O)C(C)=C(C)C.